The quantitative estimate of drug-likeness (QED) is 0.501. The normalized spacial score (nSPS) is 10.4. The monoisotopic (exact) mass is 262 g/mol. The van der Waals surface area contributed by atoms with Crippen LogP contribution in [0.1, 0.15) is 0 Å². The summed E-state index contributed by atoms with van der Waals surface area (Å²) in [6.45, 7) is 0. The van der Waals surface area contributed by atoms with Crippen LogP contribution < -0.4 is 11.5 Å². The van der Waals surface area contributed by atoms with Crippen LogP contribution >= 0.6 is 23.5 Å². The maximum absolute atomic E-state index is 5.63. The molecular formula is C13H14N2S2. The van der Waals surface area contributed by atoms with Gasteiger partial charge in [0.2, 0.25) is 0 Å². The Morgan fingerprint density at radius 1 is 0.647 bits per heavy atom. The van der Waals surface area contributed by atoms with E-state index in [1.807, 2.05) is 48.5 Å². The molecule has 0 radical (unpaired) electrons. The lowest BCUT2D eigenvalue weighted by Crippen LogP contribution is -1.83. The van der Waals surface area contributed by atoms with E-state index in [0.29, 0.717) is 0 Å². The summed E-state index contributed by atoms with van der Waals surface area (Å²) >= 11 is 3.61. The van der Waals surface area contributed by atoms with Crippen molar-refractivity contribution >= 4 is 34.9 Å². The molecule has 0 amide bonds. The molecule has 0 aliphatic carbocycles. The van der Waals surface area contributed by atoms with Crippen LogP contribution in [0.5, 0.6) is 0 Å². The van der Waals surface area contributed by atoms with Crippen LogP contribution in [0.3, 0.4) is 0 Å². The van der Waals surface area contributed by atoms with Gasteiger partial charge in [-0.05, 0) is 48.5 Å². The lowest BCUT2D eigenvalue weighted by atomic mass is 10.3. The molecule has 0 aliphatic rings. The second-order valence-electron chi connectivity index (χ2n) is 3.54. The number of hydrogen-bond donors (Lipinski definition) is 2. The van der Waals surface area contributed by atoms with Crippen molar-refractivity contribution in [3.8, 4) is 0 Å². The highest BCUT2D eigenvalue weighted by molar-refractivity contribution is 8.16. The summed E-state index contributed by atoms with van der Waals surface area (Å²) in [6, 6.07) is 15.9. The summed E-state index contributed by atoms with van der Waals surface area (Å²) in [7, 11) is 0. The van der Waals surface area contributed by atoms with Crippen LogP contribution in [0.4, 0.5) is 11.4 Å². The van der Waals surface area contributed by atoms with Crippen molar-refractivity contribution in [1.29, 1.82) is 0 Å². The van der Waals surface area contributed by atoms with E-state index in [1.54, 1.807) is 23.5 Å². The first-order valence-corrected chi connectivity index (χ1v) is 7.18. The summed E-state index contributed by atoms with van der Waals surface area (Å²) in [5.41, 5.74) is 12.9. The van der Waals surface area contributed by atoms with Crippen molar-refractivity contribution < 1.29 is 0 Å². The Hall–Kier alpha value is -1.26. The van der Waals surface area contributed by atoms with E-state index in [-0.39, 0.29) is 0 Å². The summed E-state index contributed by atoms with van der Waals surface area (Å²) in [4.78, 5) is 2.48. The van der Waals surface area contributed by atoms with Crippen molar-refractivity contribution in [1.82, 2.24) is 0 Å². The molecule has 0 saturated carbocycles. The standard InChI is InChI=1S/C13H14N2S2/c14-10-1-5-12(6-2-10)16-9-17-13-7-3-11(15)4-8-13/h1-8H,9,14-15H2. The van der Waals surface area contributed by atoms with Crippen molar-refractivity contribution in [3.05, 3.63) is 48.5 Å². The Bertz CT molecular complexity index is 420. The molecule has 2 aromatic rings. The lowest BCUT2D eigenvalue weighted by molar-refractivity contribution is 1.46. The van der Waals surface area contributed by atoms with E-state index in [1.165, 1.54) is 9.79 Å². The molecular weight excluding hydrogens is 248 g/mol. The topological polar surface area (TPSA) is 52.0 Å². The molecule has 4 heteroatoms. The molecule has 2 aromatic carbocycles. The molecule has 0 fully saturated rings. The van der Waals surface area contributed by atoms with Gasteiger partial charge in [0, 0.05) is 26.3 Å². The Morgan fingerprint density at radius 3 is 1.35 bits per heavy atom. The number of rotatable bonds is 4. The van der Waals surface area contributed by atoms with Crippen LogP contribution in [0.15, 0.2) is 58.3 Å². The maximum Gasteiger partial charge on any atom is 0.0486 e. The van der Waals surface area contributed by atoms with Crippen molar-refractivity contribution in [2.45, 2.75) is 9.79 Å². The van der Waals surface area contributed by atoms with Gasteiger partial charge in [0.05, 0.1) is 0 Å². The summed E-state index contributed by atoms with van der Waals surface area (Å²) < 4.78 is 0. The third-order valence-corrected chi connectivity index (χ3v) is 4.37. The van der Waals surface area contributed by atoms with Crippen molar-refractivity contribution in [2.24, 2.45) is 0 Å². The molecule has 0 aromatic heterocycles. The third kappa shape index (κ3) is 3.91. The van der Waals surface area contributed by atoms with Gasteiger partial charge in [-0.25, -0.2) is 0 Å². The van der Waals surface area contributed by atoms with Gasteiger partial charge < -0.3 is 11.5 Å². The first kappa shape index (κ1) is 12.2. The fourth-order valence-electron chi connectivity index (χ4n) is 1.29. The first-order chi connectivity index (χ1) is 8.24. The zero-order valence-electron chi connectivity index (χ0n) is 9.30. The van der Waals surface area contributed by atoms with Crippen LogP contribution in [0, 0.1) is 0 Å². The van der Waals surface area contributed by atoms with E-state index in [4.69, 9.17) is 11.5 Å². The van der Waals surface area contributed by atoms with E-state index >= 15 is 0 Å². The van der Waals surface area contributed by atoms with E-state index in [0.717, 1.165) is 16.5 Å². The number of hydrogen-bond acceptors (Lipinski definition) is 4. The number of nitrogen functional groups attached to an aromatic ring is 2. The average Bonchev–Trinajstić information content (AvgIpc) is 2.34. The highest BCUT2D eigenvalue weighted by Gasteiger charge is 1.96. The predicted octanol–water partition coefficient (Wildman–Crippen LogP) is 3.69. The highest BCUT2D eigenvalue weighted by atomic mass is 32.2. The average molecular weight is 262 g/mol. The first-order valence-electron chi connectivity index (χ1n) is 5.21. The lowest BCUT2D eigenvalue weighted by Gasteiger charge is -2.03. The number of thioether (sulfide) groups is 2. The Labute approximate surface area is 110 Å². The molecule has 0 heterocycles. The number of benzene rings is 2. The van der Waals surface area contributed by atoms with Gasteiger partial charge in [0.25, 0.3) is 0 Å². The fourth-order valence-corrected chi connectivity index (χ4v) is 3.28. The summed E-state index contributed by atoms with van der Waals surface area (Å²) in [5, 5.41) is 0.980. The van der Waals surface area contributed by atoms with Crippen LogP contribution in [-0.4, -0.2) is 5.08 Å². The van der Waals surface area contributed by atoms with Crippen LogP contribution in [0.25, 0.3) is 0 Å². The maximum atomic E-state index is 5.63. The predicted molar refractivity (Wildman–Crippen MR) is 78.3 cm³/mol. The Morgan fingerprint density at radius 2 is 1.00 bits per heavy atom. The number of nitrogens with two attached hydrogens (primary N) is 2. The Balaban J connectivity index is 1.83. The minimum Gasteiger partial charge on any atom is -0.399 e. The van der Waals surface area contributed by atoms with Gasteiger partial charge in [0.1, 0.15) is 0 Å². The van der Waals surface area contributed by atoms with E-state index in [2.05, 4.69) is 0 Å². The van der Waals surface area contributed by atoms with Gasteiger partial charge in [-0.2, -0.15) is 0 Å². The van der Waals surface area contributed by atoms with E-state index in [9.17, 15) is 0 Å². The SMILES string of the molecule is Nc1ccc(SCSc2ccc(N)cc2)cc1. The molecule has 17 heavy (non-hydrogen) atoms. The molecule has 0 saturated heterocycles. The zero-order chi connectivity index (χ0) is 12.1. The van der Waals surface area contributed by atoms with Gasteiger partial charge >= 0.3 is 0 Å². The van der Waals surface area contributed by atoms with Gasteiger partial charge in [0.15, 0.2) is 0 Å². The highest BCUT2D eigenvalue weighted by Crippen LogP contribution is 2.28. The zero-order valence-corrected chi connectivity index (χ0v) is 10.9. The molecule has 0 aliphatic heterocycles. The summed E-state index contributed by atoms with van der Waals surface area (Å²) in [5.74, 6) is 0. The second-order valence-corrected chi connectivity index (χ2v) is 6.01. The van der Waals surface area contributed by atoms with E-state index < -0.39 is 0 Å². The molecule has 0 bridgehead atoms. The molecule has 4 N–H and O–H groups in total. The van der Waals surface area contributed by atoms with Crippen molar-refractivity contribution in [2.75, 3.05) is 16.6 Å². The molecule has 2 rings (SSSR count). The van der Waals surface area contributed by atoms with Gasteiger partial charge in [-0.15, -0.1) is 23.5 Å². The summed E-state index contributed by atoms with van der Waals surface area (Å²) in [6.07, 6.45) is 0. The molecule has 0 spiro atoms. The van der Waals surface area contributed by atoms with Gasteiger partial charge in [-0.1, -0.05) is 0 Å². The van der Waals surface area contributed by atoms with Crippen LogP contribution in [0.2, 0.25) is 0 Å². The second kappa shape index (κ2) is 5.89. The third-order valence-electron chi connectivity index (χ3n) is 2.21. The fraction of sp³-hybridized carbons (Fsp3) is 0.0769. The van der Waals surface area contributed by atoms with Crippen LogP contribution in [-0.2, 0) is 0 Å². The molecule has 2 nitrogen and oxygen atoms in total. The smallest absolute Gasteiger partial charge is 0.0486 e. The number of anilines is 2. The van der Waals surface area contributed by atoms with Gasteiger partial charge in [-0.3, -0.25) is 0 Å². The Kier molecular flexibility index (Phi) is 4.23. The van der Waals surface area contributed by atoms with Crippen molar-refractivity contribution in [3.63, 3.8) is 0 Å². The largest absolute Gasteiger partial charge is 0.399 e. The minimum absolute atomic E-state index is 0.806. The minimum atomic E-state index is 0.806. The molecule has 0 atom stereocenters. The molecule has 88 valence electrons. The molecule has 0 unspecified atom stereocenters.